The molecule has 0 spiro atoms. The van der Waals surface area contributed by atoms with Gasteiger partial charge in [-0.25, -0.2) is 4.39 Å². The van der Waals surface area contributed by atoms with Crippen LogP contribution in [0.15, 0.2) is 29.6 Å². The van der Waals surface area contributed by atoms with Gasteiger partial charge in [0.1, 0.15) is 5.82 Å². The highest BCUT2D eigenvalue weighted by Crippen LogP contribution is 2.32. The monoisotopic (exact) mass is 375 g/mol. The molecule has 0 aliphatic heterocycles. The molecule has 0 aliphatic rings. The van der Waals surface area contributed by atoms with E-state index in [1.165, 1.54) is 16.5 Å². The molecule has 1 aromatic carbocycles. The van der Waals surface area contributed by atoms with Gasteiger partial charge < -0.3 is 5.32 Å². The van der Waals surface area contributed by atoms with Gasteiger partial charge in [-0.2, -0.15) is 0 Å². The Morgan fingerprint density at radius 3 is 2.72 bits per heavy atom. The van der Waals surface area contributed by atoms with Crippen molar-refractivity contribution in [2.24, 2.45) is 0 Å². The topological polar surface area (TPSA) is 12.0 Å². The Bertz CT molecular complexity index is 538. The molecule has 1 heterocycles. The summed E-state index contributed by atoms with van der Waals surface area (Å²) in [6.07, 6.45) is 0. The Labute approximate surface area is 125 Å². The molecule has 18 heavy (non-hydrogen) atoms. The molecule has 0 saturated carbocycles. The molecular weight excluding hydrogens is 360 g/mol. The molecule has 4 heteroatoms. The number of halogens is 2. The molecular formula is C14H15FINS. The van der Waals surface area contributed by atoms with Gasteiger partial charge in [0.25, 0.3) is 0 Å². The van der Waals surface area contributed by atoms with Crippen molar-refractivity contribution in [3.05, 3.63) is 55.0 Å². The Morgan fingerprint density at radius 2 is 2.17 bits per heavy atom. The van der Waals surface area contributed by atoms with Crippen LogP contribution in [0, 0.1) is 16.3 Å². The minimum Gasteiger partial charge on any atom is -0.306 e. The molecule has 0 bridgehead atoms. The minimum absolute atomic E-state index is 0.155. The lowest BCUT2D eigenvalue weighted by Gasteiger charge is -2.19. The maximum absolute atomic E-state index is 13.2. The lowest BCUT2D eigenvalue weighted by atomic mass is 10.0. The van der Waals surface area contributed by atoms with Crippen molar-refractivity contribution in [2.75, 3.05) is 6.54 Å². The van der Waals surface area contributed by atoms with E-state index in [9.17, 15) is 4.39 Å². The van der Waals surface area contributed by atoms with Gasteiger partial charge in [0, 0.05) is 8.45 Å². The normalized spacial score (nSPS) is 12.7. The number of hydrogen-bond acceptors (Lipinski definition) is 2. The van der Waals surface area contributed by atoms with Gasteiger partial charge in [-0.1, -0.05) is 13.0 Å². The van der Waals surface area contributed by atoms with E-state index in [0.717, 1.165) is 15.7 Å². The second-order valence-corrected chi connectivity index (χ2v) is 6.23. The van der Waals surface area contributed by atoms with Crippen LogP contribution in [0.4, 0.5) is 4.39 Å². The molecule has 1 nitrogen and oxygen atoms in total. The zero-order valence-electron chi connectivity index (χ0n) is 10.3. The summed E-state index contributed by atoms with van der Waals surface area (Å²) in [5, 5.41) is 5.59. The summed E-state index contributed by atoms with van der Waals surface area (Å²) in [7, 11) is 0. The first-order valence-electron chi connectivity index (χ1n) is 5.85. The highest BCUT2D eigenvalue weighted by atomic mass is 127. The summed E-state index contributed by atoms with van der Waals surface area (Å²) in [5.41, 5.74) is 2.43. The second kappa shape index (κ2) is 6.12. The molecule has 0 aliphatic carbocycles. The number of nitrogens with one attached hydrogen (secondary N) is 1. The SMILES string of the molecule is CCNC(c1ccc(F)cc1I)c1sccc1C. The Hall–Kier alpha value is -0.460. The molecule has 2 aromatic rings. The second-order valence-electron chi connectivity index (χ2n) is 4.12. The van der Waals surface area contributed by atoms with Crippen LogP contribution in [0.3, 0.4) is 0 Å². The molecule has 0 amide bonds. The van der Waals surface area contributed by atoms with Gasteiger partial charge >= 0.3 is 0 Å². The van der Waals surface area contributed by atoms with Crippen LogP contribution in [0.2, 0.25) is 0 Å². The van der Waals surface area contributed by atoms with Gasteiger partial charge in [0.05, 0.1) is 6.04 Å². The van der Waals surface area contributed by atoms with E-state index in [1.807, 2.05) is 6.07 Å². The molecule has 2 rings (SSSR count). The van der Waals surface area contributed by atoms with E-state index < -0.39 is 0 Å². The summed E-state index contributed by atoms with van der Waals surface area (Å²) in [5.74, 6) is -0.179. The van der Waals surface area contributed by atoms with Crippen molar-refractivity contribution in [1.29, 1.82) is 0 Å². The van der Waals surface area contributed by atoms with Crippen LogP contribution in [0.25, 0.3) is 0 Å². The molecule has 1 unspecified atom stereocenters. The highest BCUT2D eigenvalue weighted by molar-refractivity contribution is 14.1. The van der Waals surface area contributed by atoms with Crippen LogP contribution < -0.4 is 5.32 Å². The maximum atomic E-state index is 13.2. The molecule has 0 fully saturated rings. The predicted molar refractivity (Wildman–Crippen MR) is 83.7 cm³/mol. The predicted octanol–water partition coefficient (Wildman–Crippen LogP) is 4.50. The van der Waals surface area contributed by atoms with Crippen LogP contribution in [-0.4, -0.2) is 6.54 Å². The summed E-state index contributed by atoms with van der Waals surface area (Å²) in [6, 6.07) is 7.28. The van der Waals surface area contributed by atoms with Gasteiger partial charge in [-0.3, -0.25) is 0 Å². The number of benzene rings is 1. The number of aryl methyl sites for hydroxylation is 1. The van der Waals surface area contributed by atoms with Gasteiger partial charge in [-0.05, 0) is 70.8 Å². The van der Waals surface area contributed by atoms with E-state index in [-0.39, 0.29) is 11.9 Å². The Balaban J connectivity index is 2.45. The smallest absolute Gasteiger partial charge is 0.124 e. The summed E-state index contributed by atoms with van der Waals surface area (Å²) in [6.45, 7) is 5.09. The van der Waals surface area contributed by atoms with Gasteiger partial charge in [0.15, 0.2) is 0 Å². The average Bonchev–Trinajstić information content (AvgIpc) is 2.73. The largest absolute Gasteiger partial charge is 0.306 e. The van der Waals surface area contributed by atoms with E-state index in [0.29, 0.717) is 0 Å². The standard InChI is InChI=1S/C14H15FINS/c1-3-17-13(14-9(2)6-7-18-14)11-5-4-10(15)8-12(11)16/h4-8,13,17H,3H2,1-2H3. The van der Waals surface area contributed by atoms with Crippen molar-refractivity contribution in [1.82, 2.24) is 5.32 Å². The summed E-state index contributed by atoms with van der Waals surface area (Å²) >= 11 is 3.95. The van der Waals surface area contributed by atoms with Crippen LogP contribution in [0.5, 0.6) is 0 Å². The molecule has 1 aromatic heterocycles. The van der Waals surface area contributed by atoms with Crippen molar-refractivity contribution in [3.63, 3.8) is 0 Å². The lowest BCUT2D eigenvalue weighted by molar-refractivity contribution is 0.613. The van der Waals surface area contributed by atoms with E-state index in [1.54, 1.807) is 17.4 Å². The molecule has 0 radical (unpaired) electrons. The molecule has 0 saturated heterocycles. The van der Waals surface area contributed by atoms with Crippen molar-refractivity contribution < 1.29 is 4.39 Å². The highest BCUT2D eigenvalue weighted by Gasteiger charge is 2.19. The van der Waals surface area contributed by atoms with Crippen LogP contribution in [-0.2, 0) is 0 Å². The zero-order valence-corrected chi connectivity index (χ0v) is 13.3. The molecule has 1 N–H and O–H groups in total. The van der Waals surface area contributed by atoms with E-state index in [4.69, 9.17) is 0 Å². The number of hydrogen-bond donors (Lipinski definition) is 1. The first-order valence-corrected chi connectivity index (χ1v) is 7.81. The third-order valence-electron chi connectivity index (χ3n) is 2.85. The van der Waals surface area contributed by atoms with E-state index >= 15 is 0 Å². The quantitative estimate of drug-likeness (QED) is 0.776. The Kier molecular flexibility index (Phi) is 4.75. The fourth-order valence-corrected chi connectivity index (χ4v) is 3.77. The minimum atomic E-state index is -0.179. The fraction of sp³-hybridized carbons (Fsp3) is 0.286. The molecule has 96 valence electrons. The zero-order chi connectivity index (χ0) is 13.1. The summed E-state index contributed by atoms with van der Waals surface area (Å²) < 4.78 is 14.2. The summed E-state index contributed by atoms with van der Waals surface area (Å²) in [4.78, 5) is 1.31. The first kappa shape index (κ1) is 14.0. The lowest BCUT2D eigenvalue weighted by Crippen LogP contribution is -2.22. The maximum Gasteiger partial charge on any atom is 0.124 e. The van der Waals surface area contributed by atoms with Crippen molar-refractivity contribution >= 4 is 33.9 Å². The van der Waals surface area contributed by atoms with Crippen LogP contribution >= 0.6 is 33.9 Å². The van der Waals surface area contributed by atoms with Gasteiger partial charge in [0.2, 0.25) is 0 Å². The Morgan fingerprint density at radius 1 is 1.39 bits per heavy atom. The van der Waals surface area contributed by atoms with Crippen LogP contribution in [0.1, 0.15) is 29.0 Å². The average molecular weight is 375 g/mol. The molecule has 1 atom stereocenters. The fourth-order valence-electron chi connectivity index (χ4n) is 1.96. The third kappa shape index (κ3) is 2.92. The van der Waals surface area contributed by atoms with Crippen molar-refractivity contribution in [2.45, 2.75) is 19.9 Å². The van der Waals surface area contributed by atoms with Gasteiger partial charge in [-0.15, -0.1) is 11.3 Å². The van der Waals surface area contributed by atoms with Crippen molar-refractivity contribution in [3.8, 4) is 0 Å². The van der Waals surface area contributed by atoms with E-state index in [2.05, 4.69) is 53.2 Å². The third-order valence-corrected chi connectivity index (χ3v) is 4.86. The first-order chi connectivity index (χ1) is 8.63. The number of rotatable bonds is 4. The number of thiophene rings is 1.